The van der Waals surface area contributed by atoms with Gasteiger partial charge >= 0.3 is 0 Å². The highest BCUT2D eigenvalue weighted by Gasteiger charge is 2.37. The van der Waals surface area contributed by atoms with E-state index in [1.54, 1.807) is 0 Å². The van der Waals surface area contributed by atoms with E-state index in [1.807, 2.05) is 12.1 Å². The molecule has 3 nitrogen and oxygen atoms in total. The van der Waals surface area contributed by atoms with Gasteiger partial charge in [-0.3, -0.25) is 0 Å². The highest BCUT2D eigenvalue weighted by molar-refractivity contribution is 7.80. The highest BCUT2D eigenvalue weighted by atomic mass is 31.1. The van der Waals surface area contributed by atoms with Crippen molar-refractivity contribution in [3.63, 3.8) is 0 Å². The predicted octanol–water partition coefficient (Wildman–Crippen LogP) is 6.75. The Kier molecular flexibility index (Phi) is 3.63. The van der Waals surface area contributed by atoms with Crippen LogP contribution in [0.1, 0.15) is 0 Å². The van der Waals surface area contributed by atoms with Crippen LogP contribution in [-0.2, 0) is 0 Å². The number of nitrogens with zero attached hydrogens (tertiary/aromatic N) is 1. The van der Waals surface area contributed by atoms with Gasteiger partial charge in [0.05, 0.1) is 22.0 Å². The van der Waals surface area contributed by atoms with Crippen molar-refractivity contribution >= 4 is 45.6 Å². The van der Waals surface area contributed by atoms with Gasteiger partial charge in [0.15, 0.2) is 0 Å². The van der Waals surface area contributed by atoms with Crippen molar-refractivity contribution < 1.29 is 9.47 Å². The number of para-hydroxylation sites is 4. The van der Waals surface area contributed by atoms with Crippen molar-refractivity contribution in [2.24, 2.45) is 0 Å². The number of fused-ring (bicyclic) bond motifs is 7. The van der Waals surface area contributed by atoms with Crippen molar-refractivity contribution in [1.29, 1.82) is 0 Å². The van der Waals surface area contributed by atoms with Gasteiger partial charge in [-0.15, -0.1) is 0 Å². The number of hydrogen-bond donors (Lipinski definition) is 0. The molecule has 0 bridgehead atoms. The number of ether oxygens (including phenoxy) is 2. The van der Waals surface area contributed by atoms with Gasteiger partial charge in [-0.2, -0.15) is 0 Å². The first-order chi connectivity index (χ1) is 16.9. The summed E-state index contributed by atoms with van der Waals surface area (Å²) in [7, 11) is -0.749. The first kappa shape index (κ1) is 18.4. The van der Waals surface area contributed by atoms with Crippen LogP contribution in [0.25, 0.3) is 27.5 Å². The van der Waals surface area contributed by atoms with Crippen LogP contribution < -0.4 is 25.4 Å². The Hall–Kier alpha value is -4.07. The normalized spacial score (nSPS) is 13.6. The molecular formula is C30H18NO2P. The molecule has 0 saturated carbocycles. The van der Waals surface area contributed by atoms with E-state index in [2.05, 4.69) is 102 Å². The fraction of sp³-hybridized carbons (Fsp3) is 0. The lowest BCUT2D eigenvalue weighted by molar-refractivity contribution is 0.466. The average molecular weight is 455 g/mol. The van der Waals surface area contributed by atoms with E-state index in [4.69, 9.17) is 9.47 Å². The molecule has 3 heterocycles. The summed E-state index contributed by atoms with van der Waals surface area (Å²) in [4.78, 5) is 0. The summed E-state index contributed by atoms with van der Waals surface area (Å²) >= 11 is 0. The first-order valence-corrected chi connectivity index (χ1v) is 12.7. The van der Waals surface area contributed by atoms with Gasteiger partial charge in [-0.25, -0.2) is 0 Å². The van der Waals surface area contributed by atoms with E-state index >= 15 is 0 Å². The minimum Gasteiger partial charge on any atom is -0.456 e. The Morgan fingerprint density at radius 2 is 0.971 bits per heavy atom. The third-order valence-corrected chi connectivity index (χ3v) is 9.33. The molecule has 160 valence electrons. The Balaban J connectivity index is 1.45. The third kappa shape index (κ3) is 2.40. The standard InChI is InChI=1S/C30H18NO2P/c1-3-11-22-20(9-1)21-10-2-4-12-23(21)31(22)19-17-26-30-27(18-19)33-25-14-6-8-16-29(25)34(30)28-15-7-5-13-24(28)32-26/h1-18H. The Labute approximate surface area is 197 Å². The summed E-state index contributed by atoms with van der Waals surface area (Å²) in [6, 6.07) is 38.3. The molecule has 6 aromatic rings. The number of rotatable bonds is 1. The van der Waals surface area contributed by atoms with Gasteiger partial charge < -0.3 is 14.0 Å². The maximum Gasteiger partial charge on any atom is 0.141 e. The summed E-state index contributed by atoms with van der Waals surface area (Å²) in [5, 5.41) is 6.13. The molecule has 0 radical (unpaired) electrons. The molecule has 0 aliphatic carbocycles. The Morgan fingerprint density at radius 3 is 1.53 bits per heavy atom. The van der Waals surface area contributed by atoms with Crippen LogP contribution in [0, 0.1) is 0 Å². The molecule has 4 heteroatoms. The van der Waals surface area contributed by atoms with Crippen LogP contribution in [0.4, 0.5) is 0 Å². The van der Waals surface area contributed by atoms with E-state index in [1.165, 1.54) is 32.4 Å². The summed E-state index contributed by atoms with van der Waals surface area (Å²) in [6.07, 6.45) is 0. The highest BCUT2D eigenvalue weighted by Crippen LogP contribution is 2.53. The van der Waals surface area contributed by atoms with Gasteiger partial charge in [0, 0.05) is 41.4 Å². The number of benzene rings is 5. The van der Waals surface area contributed by atoms with Crippen LogP contribution in [0.2, 0.25) is 0 Å². The second kappa shape index (κ2) is 6.72. The van der Waals surface area contributed by atoms with Crippen molar-refractivity contribution in [2.75, 3.05) is 0 Å². The lowest BCUT2D eigenvalue weighted by Gasteiger charge is -2.35. The van der Waals surface area contributed by atoms with E-state index in [-0.39, 0.29) is 0 Å². The lowest BCUT2D eigenvalue weighted by atomic mass is 10.2. The molecule has 0 saturated heterocycles. The van der Waals surface area contributed by atoms with Gasteiger partial charge in [0.1, 0.15) is 23.0 Å². The Morgan fingerprint density at radius 1 is 0.500 bits per heavy atom. The van der Waals surface area contributed by atoms with Gasteiger partial charge in [0.2, 0.25) is 0 Å². The molecule has 34 heavy (non-hydrogen) atoms. The van der Waals surface area contributed by atoms with Crippen molar-refractivity contribution in [3.8, 4) is 28.7 Å². The summed E-state index contributed by atoms with van der Waals surface area (Å²) in [5.74, 6) is 3.63. The van der Waals surface area contributed by atoms with Crippen LogP contribution in [0.3, 0.4) is 0 Å². The molecule has 1 aromatic heterocycles. The molecule has 0 spiro atoms. The molecule has 2 aliphatic heterocycles. The SMILES string of the molecule is c1ccc2c(c1)Oc1cc(-n3c4ccccc4c4ccccc43)cc3c1P2c1ccccc1O3. The topological polar surface area (TPSA) is 23.4 Å². The molecular weight excluding hydrogens is 437 g/mol. The fourth-order valence-corrected chi connectivity index (χ4v) is 7.89. The van der Waals surface area contributed by atoms with Gasteiger partial charge in [-0.1, -0.05) is 72.8 Å². The zero-order valence-corrected chi connectivity index (χ0v) is 19.0. The predicted molar refractivity (Wildman–Crippen MR) is 140 cm³/mol. The molecule has 8 rings (SSSR count). The van der Waals surface area contributed by atoms with Crippen LogP contribution in [0.5, 0.6) is 23.0 Å². The Bertz CT molecular complexity index is 1660. The fourth-order valence-electron chi connectivity index (χ4n) is 5.34. The maximum absolute atomic E-state index is 6.52. The van der Waals surface area contributed by atoms with Crippen molar-refractivity contribution in [1.82, 2.24) is 4.57 Å². The minimum absolute atomic E-state index is 0.749. The third-order valence-electron chi connectivity index (χ3n) is 6.74. The van der Waals surface area contributed by atoms with Gasteiger partial charge in [0.25, 0.3) is 0 Å². The second-order valence-corrected chi connectivity index (χ2v) is 10.7. The zero-order valence-electron chi connectivity index (χ0n) is 18.1. The van der Waals surface area contributed by atoms with E-state index in [0.717, 1.165) is 34.0 Å². The summed E-state index contributed by atoms with van der Waals surface area (Å²) in [5.41, 5.74) is 3.39. The minimum atomic E-state index is -0.749. The van der Waals surface area contributed by atoms with Crippen molar-refractivity contribution in [2.45, 2.75) is 0 Å². The van der Waals surface area contributed by atoms with E-state index in [0.29, 0.717) is 0 Å². The summed E-state index contributed by atoms with van der Waals surface area (Å²) in [6.45, 7) is 0. The molecule has 0 N–H and O–H groups in total. The van der Waals surface area contributed by atoms with Crippen LogP contribution >= 0.6 is 7.92 Å². The molecule has 5 aromatic carbocycles. The largest absolute Gasteiger partial charge is 0.456 e. The average Bonchev–Trinajstić information content (AvgIpc) is 3.23. The van der Waals surface area contributed by atoms with E-state index in [9.17, 15) is 0 Å². The molecule has 0 unspecified atom stereocenters. The van der Waals surface area contributed by atoms with Crippen LogP contribution in [-0.4, -0.2) is 4.57 Å². The maximum atomic E-state index is 6.52. The summed E-state index contributed by atoms with van der Waals surface area (Å²) < 4.78 is 15.4. The van der Waals surface area contributed by atoms with Gasteiger partial charge in [-0.05, 0) is 24.3 Å². The van der Waals surface area contributed by atoms with Crippen molar-refractivity contribution in [3.05, 3.63) is 109 Å². The molecule has 0 fully saturated rings. The first-order valence-electron chi connectivity index (χ1n) is 11.4. The van der Waals surface area contributed by atoms with E-state index < -0.39 is 7.92 Å². The molecule has 0 amide bonds. The molecule has 2 aliphatic rings. The molecule has 0 atom stereocenters. The number of hydrogen-bond acceptors (Lipinski definition) is 2. The van der Waals surface area contributed by atoms with Crippen LogP contribution in [0.15, 0.2) is 109 Å². The zero-order chi connectivity index (χ0) is 22.2. The lowest BCUT2D eigenvalue weighted by Crippen LogP contribution is -2.31. The smallest absolute Gasteiger partial charge is 0.141 e. The monoisotopic (exact) mass is 455 g/mol. The second-order valence-electron chi connectivity index (χ2n) is 8.64. The quantitative estimate of drug-likeness (QED) is 0.256. The number of aromatic nitrogens is 1.